The summed E-state index contributed by atoms with van der Waals surface area (Å²) in [6, 6.07) is 8.01. The van der Waals surface area contributed by atoms with Gasteiger partial charge in [-0.2, -0.15) is 0 Å². The lowest BCUT2D eigenvalue weighted by molar-refractivity contribution is 0.636. The average Bonchev–Trinajstić information content (AvgIpc) is 2.34. The van der Waals surface area contributed by atoms with Gasteiger partial charge in [0.2, 0.25) is 0 Å². The monoisotopic (exact) mass is 336 g/mol. The molecule has 4 heteroatoms. The Hall–Kier alpha value is 0.307. The van der Waals surface area contributed by atoms with E-state index in [2.05, 4.69) is 19.9 Å². The number of hydrogen-bond donors (Lipinski definition) is 0. The van der Waals surface area contributed by atoms with E-state index in [0.29, 0.717) is 5.54 Å². The standard InChI is InChI=1S/C15H23Cl3Si/c1-3-4-5-8-11-15(17,18)19-12(2)13-9-6-7-10-14(13)16/h6-7,9-10,12H,3-5,8,11,19H2,1-2H3. The summed E-state index contributed by atoms with van der Waals surface area (Å²) >= 11 is 19.2. The van der Waals surface area contributed by atoms with Gasteiger partial charge in [0.1, 0.15) is 3.96 Å². The van der Waals surface area contributed by atoms with Gasteiger partial charge >= 0.3 is 0 Å². The molecular weight excluding hydrogens is 315 g/mol. The van der Waals surface area contributed by atoms with Crippen LogP contribution in [-0.2, 0) is 0 Å². The Morgan fingerprint density at radius 3 is 2.47 bits per heavy atom. The molecule has 1 atom stereocenters. The Balaban J connectivity index is 2.50. The highest BCUT2D eigenvalue weighted by atomic mass is 35.5. The van der Waals surface area contributed by atoms with E-state index in [4.69, 9.17) is 34.8 Å². The third kappa shape index (κ3) is 6.53. The predicted octanol–water partition coefficient (Wildman–Crippen LogP) is 5.67. The first-order chi connectivity index (χ1) is 8.96. The van der Waals surface area contributed by atoms with Crippen molar-refractivity contribution in [1.82, 2.24) is 0 Å². The van der Waals surface area contributed by atoms with Crippen LogP contribution in [0, 0.1) is 0 Å². The summed E-state index contributed by atoms with van der Waals surface area (Å²) in [5.41, 5.74) is 1.60. The topological polar surface area (TPSA) is 0 Å². The van der Waals surface area contributed by atoms with E-state index in [9.17, 15) is 0 Å². The van der Waals surface area contributed by atoms with Crippen LogP contribution in [0.1, 0.15) is 57.1 Å². The quantitative estimate of drug-likeness (QED) is 0.325. The van der Waals surface area contributed by atoms with Crippen LogP contribution in [0.25, 0.3) is 0 Å². The molecule has 0 aromatic heterocycles. The first kappa shape index (κ1) is 17.4. The van der Waals surface area contributed by atoms with Gasteiger partial charge in [0.15, 0.2) is 0 Å². The lowest BCUT2D eigenvalue weighted by Gasteiger charge is -2.23. The Morgan fingerprint density at radius 2 is 1.84 bits per heavy atom. The third-order valence-electron chi connectivity index (χ3n) is 3.44. The average molecular weight is 338 g/mol. The van der Waals surface area contributed by atoms with E-state index in [1.165, 1.54) is 24.8 Å². The smallest absolute Gasteiger partial charge is 0.101 e. The van der Waals surface area contributed by atoms with Crippen molar-refractivity contribution in [3.8, 4) is 0 Å². The highest BCUT2D eigenvalue weighted by Crippen LogP contribution is 2.33. The largest absolute Gasteiger partial charge is 0.106 e. The summed E-state index contributed by atoms with van der Waals surface area (Å²) in [6.45, 7) is 4.40. The third-order valence-corrected chi connectivity index (χ3v) is 7.09. The van der Waals surface area contributed by atoms with Gasteiger partial charge in [-0.25, -0.2) is 0 Å². The normalized spacial score (nSPS) is 14.2. The van der Waals surface area contributed by atoms with Crippen molar-refractivity contribution in [2.24, 2.45) is 0 Å². The maximum atomic E-state index is 6.50. The number of benzene rings is 1. The molecule has 0 aliphatic rings. The maximum Gasteiger partial charge on any atom is 0.101 e. The molecule has 0 heterocycles. The Labute approximate surface area is 134 Å². The molecule has 0 nitrogen and oxygen atoms in total. The molecule has 1 unspecified atom stereocenters. The molecule has 0 amide bonds. The van der Waals surface area contributed by atoms with Gasteiger partial charge in [-0.05, 0) is 23.6 Å². The molecule has 1 aromatic carbocycles. The van der Waals surface area contributed by atoms with Crippen LogP contribution < -0.4 is 0 Å². The van der Waals surface area contributed by atoms with Crippen molar-refractivity contribution in [2.45, 2.75) is 55.4 Å². The molecule has 0 radical (unpaired) electrons. The van der Waals surface area contributed by atoms with Crippen molar-refractivity contribution < 1.29 is 0 Å². The summed E-state index contributed by atoms with van der Waals surface area (Å²) in [6.07, 6.45) is 5.78. The maximum absolute atomic E-state index is 6.50. The van der Waals surface area contributed by atoms with Gasteiger partial charge in [0.05, 0.1) is 9.52 Å². The van der Waals surface area contributed by atoms with Gasteiger partial charge in [-0.1, -0.05) is 69.3 Å². The SMILES string of the molecule is CCCCCCC(Cl)(Cl)[SiH2]C(C)c1ccccc1Cl. The molecule has 0 aliphatic heterocycles. The fraction of sp³-hybridized carbons (Fsp3) is 0.600. The molecule has 0 aliphatic carbocycles. The van der Waals surface area contributed by atoms with E-state index in [0.717, 1.165) is 17.9 Å². The van der Waals surface area contributed by atoms with Crippen LogP contribution in [0.2, 0.25) is 5.02 Å². The number of halogens is 3. The number of unbranched alkanes of at least 4 members (excludes halogenated alkanes) is 3. The molecule has 1 aromatic rings. The zero-order chi connectivity index (χ0) is 14.3. The van der Waals surface area contributed by atoms with Crippen LogP contribution in [0.5, 0.6) is 0 Å². The Bertz CT molecular complexity index is 379. The molecule has 19 heavy (non-hydrogen) atoms. The van der Waals surface area contributed by atoms with Gasteiger partial charge in [-0.3, -0.25) is 0 Å². The number of rotatable bonds is 8. The molecule has 1 rings (SSSR count). The second-order valence-corrected chi connectivity index (χ2v) is 11.1. The lowest BCUT2D eigenvalue weighted by atomic mass is 10.2. The molecule has 0 saturated carbocycles. The summed E-state index contributed by atoms with van der Waals surface area (Å²) in [5.74, 6) is 0. The van der Waals surface area contributed by atoms with Crippen LogP contribution in [0.4, 0.5) is 0 Å². The second kappa shape index (κ2) is 8.56. The molecule has 0 N–H and O–H groups in total. The van der Waals surface area contributed by atoms with Crippen molar-refractivity contribution in [2.75, 3.05) is 0 Å². The van der Waals surface area contributed by atoms with Crippen molar-refractivity contribution in [3.05, 3.63) is 34.9 Å². The van der Waals surface area contributed by atoms with E-state index >= 15 is 0 Å². The summed E-state index contributed by atoms with van der Waals surface area (Å²) in [4.78, 5) is 0. The minimum Gasteiger partial charge on any atom is -0.106 e. The molecular formula is C15H23Cl3Si. The van der Waals surface area contributed by atoms with E-state index < -0.39 is 13.5 Å². The molecule has 0 bridgehead atoms. The van der Waals surface area contributed by atoms with Crippen molar-refractivity contribution in [1.29, 1.82) is 0 Å². The van der Waals surface area contributed by atoms with E-state index in [1.807, 2.05) is 18.2 Å². The molecule has 0 spiro atoms. The van der Waals surface area contributed by atoms with Crippen LogP contribution in [-0.4, -0.2) is 13.5 Å². The van der Waals surface area contributed by atoms with Gasteiger partial charge in [0.25, 0.3) is 0 Å². The second-order valence-electron chi connectivity index (χ2n) is 5.29. The first-order valence-electron chi connectivity index (χ1n) is 7.08. The van der Waals surface area contributed by atoms with Crippen molar-refractivity contribution in [3.63, 3.8) is 0 Å². The molecule has 108 valence electrons. The summed E-state index contributed by atoms with van der Waals surface area (Å²) < 4.78 is -0.508. The number of alkyl halides is 2. The van der Waals surface area contributed by atoms with Crippen molar-refractivity contribution >= 4 is 44.3 Å². The predicted molar refractivity (Wildman–Crippen MR) is 91.6 cm³/mol. The van der Waals surface area contributed by atoms with Crippen LogP contribution >= 0.6 is 34.8 Å². The van der Waals surface area contributed by atoms with Gasteiger partial charge in [0, 0.05) is 5.02 Å². The minimum atomic E-state index is -0.644. The highest BCUT2D eigenvalue weighted by molar-refractivity contribution is 6.73. The molecule has 0 fully saturated rings. The van der Waals surface area contributed by atoms with Gasteiger partial charge in [-0.15, -0.1) is 23.2 Å². The first-order valence-corrected chi connectivity index (χ1v) is 9.74. The fourth-order valence-corrected chi connectivity index (χ4v) is 6.38. The van der Waals surface area contributed by atoms with Crippen LogP contribution in [0.15, 0.2) is 24.3 Å². The zero-order valence-electron chi connectivity index (χ0n) is 11.8. The van der Waals surface area contributed by atoms with Gasteiger partial charge < -0.3 is 0 Å². The zero-order valence-corrected chi connectivity index (χ0v) is 15.4. The minimum absolute atomic E-state index is 0.412. The number of hydrogen-bond acceptors (Lipinski definition) is 0. The fourth-order valence-electron chi connectivity index (χ4n) is 2.35. The lowest BCUT2D eigenvalue weighted by Crippen LogP contribution is -2.27. The molecule has 0 saturated heterocycles. The Kier molecular flexibility index (Phi) is 7.82. The van der Waals surface area contributed by atoms with E-state index in [1.54, 1.807) is 0 Å². The summed E-state index contributed by atoms with van der Waals surface area (Å²) in [5, 5.41) is 0.831. The highest BCUT2D eigenvalue weighted by Gasteiger charge is 2.27. The summed E-state index contributed by atoms with van der Waals surface area (Å²) in [7, 11) is -0.644. The van der Waals surface area contributed by atoms with E-state index in [-0.39, 0.29) is 0 Å². The van der Waals surface area contributed by atoms with Crippen LogP contribution in [0.3, 0.4) is 0 Å². The Morgan fingerprint density at radius 1 is 1.16 bits per heavy atom.